The molecule has 1 aliphatic carbocycles. The lowest BCUT2D eigenvalue weighted by molar-refractivity contribution is -0.120. The minimum Gasteiger partial charge on any atom is -0.298 e. The van der Waals surface area contributed by atoms with E-state index in [9.17, 15) is 4.79 Å². The fraction of sp³-hybridized carbons (Fsp3) is 0.435. The van der Waals surface area contributed by atoms with Gasteiger partial charge < -0.3 is 0 Å². The fourth-order valence-electron chi connectivity index (χ4n) is 4.30. The maximum atomic E-state index is 12.6. The quantitative estimate of drug-likeness (QED) is 0.760. The van der Waals surface area contributed by atoms with Crippen LogP contribution in [0.15, 0.2) is 54.6 Å². The van der Waals surface area contributed by atoms with Crippen LogP contribution in [0.1, 0.15) is 54.3 Å². The molecule has 0 N–H and O–H groups in total. The lowest BCUT2D eigenvalue weighted by Gasteiger charge is -2.24. The van der Waals surface area contributed by atoms with E-state index in [1.54, 1.807) is 0 Å². The van der Waals surface area contributed by atoms with Gasteiger partial charge in [0.15, 0.2) is 5.78 Å². The van der Waals surface area contributed by atoms with E-state index in [-0.39, 0.29) is 12.0 Å². The highest BCUT2D eigenvalue weighted by Gasteiger charge is 2.39. The van der Waals surface area contributed by atoms with Crippen LogP contribution in [0.4, 0.5) is 0 Å². The summed E-state index contributed by atoms with van der Waals surface area (Å²) < 4.78 is 0. The van der Waals surface area contributed by atoms with Crippen molar-refractivity contribution in [3.8, 4) is 0 Å². The molecule has 4 rings (SSSR count). The molecule has 2 aromatic carbocycles. The predicted molar refractivity (Wildman–Crippen MR) is 102 cm³/mol. The molecule has 2 nitrogen and oxygen atoms in total. The van der Waals surface area contributed by atoms with Crippen molar-refractivity contribution in [1.82, 2.24) is 4.90 Å². The Balaban J connectivity index is 1.44. The van der Waals surface area contributed by atoms with Gasteiger partial charge in [0.1, 0.15) is 0 Å². The number of carbonyl (C=O) groups excluding carboxylic acids is 1. The standard InChI is InChI=1S/C23H27NO/c1-24-16-22(25)21(9-5-8-17-6-3-2-4-7-17)23(24)20-14-12-19(13-15-20)18-10-11-18/h2-4,6-7,12-15,18,21,23H,5,8-11,16H2,1H3. The van der Waals surface area contributed by atoms with Gasteiger partial charge in [-0.3, -0.25) is 9.69 Å². The SMILES string of the molecule is CN1CC(=O)C(CCCc2ccccc2)C1c1ccc(C2CC2)cc1. The summed E-state index contributed by atoms with van der Waals surface area (Å²) in [6.07, 6.45) is 5.78. The van der Waals surface area contributed by atoms with Crippen LogP contribution in [-0.2, 0) is 11.2 Å². The highest BCUT2D eigenvalue weighted by atomic mass is 16.1. The number of rotatable bonds is 6. The molecule has 2 aromatic rings. The Morgan fingerprint density at radius 2 is 1.64 bits per heavy atom. The van der Waals surface area contributed by atoms with E-state index in [0.29, 0.717) is 12.3 Å². The maximum Gasteiger partial charge on any atom is 0.151 e. The molecule has 0 aromatic heterocycles. The van der Waals surface area contributed by atoms with E-state index in [1.807, 2.05) is 0 Å². The molecular weight excluding hydrogens is 306 g/mol. The first kappa shape index (κ1) is 16.5. The summed E-state index contributed by atoms with van der Waals surface area (Å²) in [5.74, 6) is 1.34. The van der Waals surface area contributed by atoms with Crippen LogP contribution in [0.5, 0.6) is 0 Å². The van der Waals surface area contributed by atoms with Crippen LogP contribution < -0.4 is 0 Å². The van der Waals surface area contributed by atoms with E-state index in [0.717, 1.165) is 25.2 Å². The average Bonchev–Trinajstić information content (AvgIpc) is 3.43. The van der Waals surface area contributed by atoms with Gasteiger partial charge in [-0.2, -0.15) is 0 Å². The van der Waals surface area contributed by atoms with Gasteiger partial charge in [0.2, 0.25) is 0 Å². The number of benzene rings is 2. The number of aryl methyl sites for hydroxylation is 1. The molecule has 1 saturated carbocycles. The van der Waals surface area contributed by atoms with Gasteiger partial charge in [0, 0.05) is 12.0 Å². The zero-order chi connectivity index (χ0) is 17.2. The van der Waals surface area contributed by atoms with Crippen LogP contribution in [0.3, 0.4) is 0 Å². The molecule has 1 aliphatic heterocycles. The molecule has 2 atom stereocenters. The second-order valence-corrected chi connectivity index (χ2v) is 7.75. The van der Waals surface area contributed by atoms with Crippen molar-refractivity contribution in [3.63, 3.8) is 0 Å². The molecular formula is C23H27NO. The molecule has 2 unspecified atom stereocenters. The number of likely N-dealkylation sites (N-methyl/N-ethyl adjacent to an activating group) is 1. The van der Waals surface area contributed by atoms with Gasteiger partial charge in [-0.25, -0.2) is 0 Å². The average molecular weight is 333 g/mol. The Morgan fingerprint density at radius 1 is 0.960 bits per heavy atom. The molecule has 2 aliphatic rings. The third-order valence-corrected chi connectivity index (χ3v) is 5.82. The summed E-state index contributed by atoms with van der Waals surface area (Å²) in [5, 5.41) is 0. The Hall–Kier alpha value is -1.93. The molecule has 0 bridgehead atoms. The zero-order valence-electron chi connectivity index (χ0n) is 15.0. The second kappa shape index (κ2) is 7.13. The highest BCUT2D eigenvalue weighted by molar-refractivity contribution is 5.86. The third-order valence-electron chi connectivity index (χ3n) is 5.82. The summed E-state index contributed by atoms with van der Waals surface area (Å²) >= 11 is 0. The van der Waals surface area contributed by atoms with Gasteiger partial charge in [-0.15, -0.1) is 0 Å². The van der Waals surface area contributed by atoms with E-state index >= 15 is 0 Å². The number of hydrogen-bond donors (Lipinski definition) is 0. The maximum absolute atomic E-state index is 12.6. The number of hydrogen-bond acceptors (Lipinski definition) is 2. The van der Waals surface area contributed by atoms with Crippen LogP contribution >= 0.6 is 0 Å². The highest BCUT2D eigenvalue weighted by Crippen LogP contribution is 2.42. The number of nitrogens with zero attached hydrogens (tertiary/aromatic N) is 1. The van der Waals surface area contributed by atoms with Crippen LogP contribution in [0.25, 0.3) is 0 Å². The van der Waals surface area contributed by atoms with Gasteiger partial charge in [0.25, 0.3) is 0 Å². The topological polar surface area (TPSA) is 20.3 Å². The summed E-state index contributed by atoms with van der Waals surface area (Å²) in [6, 6.07) is 19.9. The molecule has 1 saturated heterocycles. The minimum atomic E-state index is 0.139. The predicted octanol–water partition coefficient (Wildman–Crippen LogP) is 4.76. The summed E-state index contributed by atoms with van der Waals surface area (Å²) in [7, 11) is 2.09. The first-order valence-corrected chi connectivity index (χ1v) is 9.59. The third kappa shape index (κ3) is 3.69. The summed E-state index contributed by atoms with van der Waals surface area (Å²) in [6.45, 7) is 0.588. The molecule has 1 heterocycles. The lowest BCUT2D eigenvalue weighted by atomic mass is 9.87. The number of carbonyl (C=O) groups is 1. The normalized spacial score (nSPS) is 24.0. The van der Waals surface area contributed by atoms with Crippen molar-refractivity contribution >= 4 is 5.78 Å². The smallest absolute Gasteiger partial charge is 0.151 e. The van der Waals surface area contributed by atoms with Crippen molar-refractivity contribution < 1.29 is 4.79 Å². The van der Waals surface area contributed by atoms with Crippen molar-refractivity contribution in [1.29, 1.82) is 0 Å². The van der Waals surface area contributed by atoms with E-state index in [2.05, 4.69) is 66.5 Å². The second-order valence-electron chi connectivity index (χ2n) is 7.75. The monoisotopic (exact) mass is 333 g/mol. The van der Waals surface area contributed by atoms with Gasteiger partial charge in [-0.1, -0.05) is 54.6 Å². The van der Waals surface area contributed by atoms with E-state index < -0.39 is 0 Å². The summed E-state index contributed by atoms with van der Waals surface area (Å²) in [5.41, 5.74) is 4.14. The van der Waals surface area contributed by atoms with Gasteiger partial charge in [-0.05, 0) is 61.8 Å². The minimum absolute atomic E-state index is 0.139. The molecule has 0 radical (unpaired) electrons. The van der Waals surface area contributed by atoms with Crippen molar-refractivity contribution in [2.45, 2.75) is 44.1 Å². The van der Waals surface area contributed by atoms with Crippen molar-refractivity contribution in [2.75, 3.05) is 13.6 Å². The van der Waals surface area contributed by atoms with Crippen molar-refractivity contribution in [2.24, 2.45) is 5.92 Å². The Morgan fingerprint density at radius 3 is 2.32 bits per heavy atom. The molecule has 130 valence electrons. The number of Topliss-reactive ketones (excluding diaryl/α,β-unsaturated/α-hetero) is 1. The molecule has 0 spiro atoms. The lowest BCUT2D eigenvalue weighted by Crippen LogP contribution is -2.21. The van der Waals surface area contributed by atoms with E-state index in [1.165, 1.54) is 29.5 Å². The summed E-state index contributed by atoms with van der Waals surface area (Å²) in [4.78, 5) is 14.8. The fourth-order valence-corrected chi connectivity index (χ4v) is 4.30. The molecule has 2 fully saturated rings. The number of ketones is 1. The Kier molecular flexibility index (Phi) is 4.72. The van der Waals surface area contributed by atoms with Gasteiger partial charge in [0.05, 0.1) is 6.54 Å². The molecule has 0 amide bonds. The molecule has 2 heteroatoms. The largest absolute Gasteiger partial charge is 0.298 e. The Labute approximate surface area is 150 Å². The van der Waals surface area contributed by atoms with Crippen molar-refractivity contribution in [3.05, 3.63) is 71.3 Å². The molecule has 25 heavy (non-hydrogen) atoms. The first-order chi connectivity index (χ1) is 12.2. The van der Waals surface area contributed by atoms with Crippen LogP contribution in [0, 0.1) is 5.92 Å². The number of likely N-dealkylation sites (tertiary alicyclic amines) is 1. The van der Waals surface area contributed by atoms with E-state index in [4.69, 9.17) is 0 Å². The Bertz CT molecular complexity index is 718. The van der Waals surface area contributed by atoms with Gasteiger partial charge >= 0.3 is 0 Å². The first-order valence-electron chi connectivity index (χ1n) is 9.59. The van der Waals surface area contributed by atoms with Crippen LogP contribution in [-0.4, -0.2) is 24.3 Å². The zero-order valence-corrected chi connectivity index (χ0v) is 15.0. The van der Waals surface area contributed by atoms with Crippen LogP contribution in [0.2, 0.25) is 0 Å².